The van der Waals surface area contributed by atoms with Crippen molar-refractivity contribution >= 4 is 32.9 Å². The van der Waals surface area contributed by atoms with Gasteiger partial charge in [0.2, 0.25) is 0 Å². The number of hydrogen-bond acceptors (Lipinski definition) is 4. The topological polar surface area (TPSA) is 71.5 Å². The molecule has 0 bridgehead atoms. The zero-order valence-electron chi connectivity index (χ0n) is 16.2. The van der Waals surface area contributed by atoms with Gasteiger partial charge in [0.1, 0.15) is 10.2 Å². The summed E-state index contributed by atoms with van der Waals surface area (Å²) >= 11 is 3.38. The van der Waals surface area contributed by atoms with Crippen molar-refractivity contribution < 1.29 is 14.6 Å². The van der Waals surface area contributed by atoms with Gasteiger partial charge in [0.25, 0.3) is 0 Å². The van der Waals surface area contributed by atoms with Gasteiger partial charge in [-0.15, -0.1) is 0 Å². The molecule has 26 heavy (non-hydrogen) atoms. The van der Waals surface area contributed by atoms with Crippen LogP contribution in [0.15, 0.2) is 34.9 Å². The van der Waals surface area contributed by atoms with Crippen molar-refractivity contribution in [1.29, 1.82) is 0 Å². The highest BCUT2D eigenvalue weighted by Gasteiger charge is 2.14. The number of carbonyl (C=O) groups excluding carboxylic acids is 1. The largest absolute Gasteiger partial charge is 0.444 e. The first-order chi connectivity index (χ1) is 12.2. The minimum absolute atomic E-state index is 0.352. The van der Waals surface area contributed by atoms with Gasteiger partial charge >= 0.3 is 6.09 Å². The van der Waals surface area contributed by atoms with Crippen LogP contribution in [0.25, 0.3) is 10.9 Å². The fourth-order valence-corrected chi connectivity index (χ4v) is 2.77. The number of benzene rings is 1. The number of alkyl carbamates (subject to hydrolysis) is 1. The molecule has 0 aliphatic heterocycles. The SMILES string of the molecule is CCCC(O)c1cc(Br)nc2ccccc12.CCNC(=O)OC(C)(C)C. The van der Waals surface area contributed by atoms with Gasteiger partial charge in [0, 0.05) is 11.9 Å². The van der Waals surface area contributed by atoms with E-state index in [2.05, 4.69) is 33.2 Å². The lowest BCUT2D eigenvalue weighted by molar-refractivity contribution is 0.0531. The Morgan fingerprint density at radius 3 is 2.54 bits per heavy atom. The van der Waals surface area contributed by atoms with Crippen molar-refractivity contribution in [3.8, 4) is 0 Å². The Bertz CT molecular complexity index is 714. The van der Waals surface area contributed by atoms with Gasteiger partial charge in [0.05, 0.1) is 11.6 Å². The third kappa shape index (κ3) is 7.70. The molecule has 6 heteroatoms. The average molecular weight is 425 g/mol. The summed E-state index contributed by atoms with van der Waals surface area (Å²) in [6.45, 7) is 10.0. The molecule has 1 atom stereocenters. The third-order valence-corrected chi connectivity index (χ3v) is 3.76. The molecule has 5 nitrogen and oxygen atoms in total. The zero-order valence-corrected chi connectivity index (χ0v) is 17.8. The quantitative estimate of drug-likeness (QED) is 0.647. The number of rotatable bonds is 4. The lowest BCUT2D eigenvalue weighted by Crippen LogP contribution is -2.32. The highest BCUT2D eigenvalue weighted by molar-refractivity contribution is 9.10. The normalized spacial score (nSPS) is 12.1. The van der Waals surface area contributed by atoms with E-state index in [4.69, 9.17) is 4.74 Å². The van der Waals surface area contributed by atoms with E-state index in [1.54, 1.807) is 0 Å². The predicted molar refractivity (Wildman–Crippen MR) is 109 cm³/mol. The Morgan fingerprint density at radius 2 is 1.96 bits per heavy atom. The van der Waals surface area contributed by atoms with Crippen molar-refractivity contribution in [2.24, 2.45) is 0 Å². The summed E-state index contributed by atoms with van der Waals surface area (Å²) in [5.74, 6) is 0. The highest BCUT2D eigenvalue weighted by Crippen LogP contribution is 2.28. The molecule has 0 aliphatic carbocycles. The Hall–Kier alpha value is -1.66. The zero-order chi connectivity index (χ0) is 19.7. The molecule has 0 aliphatic rings. The maximum Gasteiger partial charge on any atom is 0.407 e. The van der Waals surface area contributed by atoms with Crippen molar-refractivity contribution in [3.63, 3.8) is 0 Å². The van der Waals surface area contributed by atoms with Crippen LogP contribution >= 0.6 is 15.9 Å². The molecule has 0 saturated heterocycles. The molecule has 1 amide bonds. The average Bonchev–Trinajstić information content (AvgIpc) is 2.53. The molecule has 0 saturated carbocycles. The smallest absolute Gasteiger partial charge is 0.407 e. The number of nitrogens with zero attached hydrogens (tertiary/aromatic N) is 1. The Morgan fingerprint density at radius 1 is 1.31 bits per heavy atom. The first-order valence-electron chi connectivity index (χ1n) is 8.88. The summed E-state index contributed by atoms with van der Waals surface area (Å²) in [4.78, 5) is 15.1. The number of fused-ring (bicyclic) bond motifs is 1. The molecule has 0 fully saturated rings. The summed E-state index contributed by atoms with van der Waals surface area (Å²) < 4.78 is 5.70. The minimum atomic E-state index is -0.408. The number of ether oxygens (including phenoxy) is 1. The van der Waals surface area contributed by atoms with Gasteiger partial charge in [-0.2, -0.15) is 0 Å². The van der Waals surface area contributed by atoms with Crippen LogP contribution < -0.4 is 5.32 Å². The van der Waals surface area contributed by atoms with E-state index in [0.717, 1.165) is 33.9 Å². The van der Waals surface area contributed by atoms with Crippen molar-refractivity contribution in [3.05, 3.63) is 40.5 Å². The fraction of sp³-hybridized carbons (Fsp3) is 0.500. The fourth-order valence-electron chi connectivity index (χ4n) is 2.33. The third-order valence-electron chi connectivity index (χ3n) is 3.36. The maximum atomic E-state index is 10.7. The van der Waals surface area contributed by atoms with Crippen molar-refractivity contribution in [2.45, 2.75) is 59.2 Å². The number of aromatic nitrogens is 1. The molecule has 0 radical (unpaired) electrons. The van der Waals surface area contributed by atoms with E-state index in [1.165, 1.54) is 0 Å². The van der Waals surface area contributed by atoms with Crippen LogP contribution in [0.5, 0.6) is 0 Å². The number of hydrogen-bond donors (Lipinski definition) is 2. The molecule has 1 heterocycles. The molecule has 2 aromatic rings. The molecule has 2 N–H and O–H groups in total. The summed E-state index contributed by atoms with van der Waals surface area (Å²) in [7, 11) is 0. The van der Waals surface area contributed by atoms with E-state index in [-0.39, 0.29) is 11.7 Å². The van der Waals surface area contributed by atoms with Crippen molar-refractivity contribution in [1.82, 2.24) is 10.3 Å². The maximum absolute atomic E-state index is 10.7. The number of nitrogens with one attached hydrogen (secondary N) is 1. The molecule has 2 rings (SSSR count). The van der Waals surface area contributed by atoms with Crippen molar-refractivity contribution in [2.75, 3.05) is 6.54 Å². The number of aliphatic hydroxyl groups is 1. The van der Waals surface area contributed by atoms with E-state index in [0.29, 0.717) is 6.54 Å². The first kappa shape index (κ1) is 22.4. The molecule has 1 aromatic carbocycles. The van der Waals surface area contributed by atoms with Crippen LogP contribution in [-0.4, -0.2) is 28.3 Å². The number of amides is 1. The predicted octanol–water partition coefficient (Wildman–Crippen LogP) is 5.36. The van der Waals surface area contributed by atoms with Crippen LogP contribution in [0, 0.1) is 0 Å². The first-order valence-corrected chi connectivity index (χ1v) is 9.67. The molecule has 144 valence electrons. The summed E-state index contributed by atoms with van der Waals surface area (Å²) in [6.07, 6.45) is 0.986. The van der Waals surface area contributed by atoms with Crippen LogP contribution in [0.4, 0.5) is 4.79 Å². The Labute approximate surface area is 164 Å². The monoisotopic (exact) mass is 424 g/mol. The van der Waals surface area contributed by atoms with Crippen LogP contribution in [0.1, 0.15) is 59.1 Å². The number of aliphatic hydroxyl groups excluding tert-OH is 1. The minimum Gasteiger partial charge on any atom is -0.444 e. The van der Waals surface area contributed by atoms with Gasteiger partial charge < -0.3 is 15.2 Å². The molecule has 1 aromatic heterocycles. The van der Waals surface area contributed by atoms with E-state index in [9.17, 15) is 9.90 Å². The van der Waals surface area contributed by atoms with E-state index in [1.807, 2.05) is 58.0 Å². The second-order valence-corrected chi connectivity index (χ2v) is 7.70. The van der Waals surface area contributed by atoms with Gasteiger partial charge in [0.15, 0.2) is 0 Å². The van der Waals surface area contributed by atoms with E-state index >= 15 is 0 Å². The molecule has 0 spiro atoms. The Kier molecular flexibility index (Phi) is 9.02. The Balaban J connectivity index is 0.000000294. The summed E-state index contributed by atoms with van der Waals surface area (Å²) in [5, 5.41) is 13.7. The summed E-state index contributed by atoms with van der Waals surface area (Å²) in [5.41, 5.74) is 1.49. The number of halogens is 1. The molecule has 1 unspecified atom stereocenters. The second kappa shape index (κ2) is 10.5. The molecular weight excluding hydrogens is 396 g/mol. The number of pyridine rings is 1. The number of carbonyl (C=O) groups is 1. The van der Waals surface area contributed by atoms with Crippen LogP contribution in [0.3, 0.4) is 0 Å². The summed E-state index contributed by atoms with van der Waals surface area (Å²) in [6, 6.07) is 9.80. The van der Waals surface area contributed by atoms with Gasteiger partial charge in [-0.1, -0.05) is 31.5 Å². The highest BCUT2D eigenvalue weighted by atomic mass is 79.9. The van der Waals surface area contributed by atoms with Gasteiger partial charge in [-0.3, -0.25) is 0 Å². The second-order valence-electron chi connectivity index (χ2n) is 6.89. The van der Waals surface area contributed by atoms with E-state index < -0.39 is 6.10 Å². The van der Waals surface area contributed by atoms with Crippen LogP contribution in [-0.2, 0) is 4.74 Å². The number of para-hydroxylation sites is 1. The molecular formula is C20H29BrN2O3. The lowest BCUT2D eigenvalue weighted by Gasteiger charge is -2.19. The van der Waals surface area contributed by atoms with Gasteiger partial charge in [-0.05, 0) is 67.7 Å². The lowest BCUT2D eigenvalue weighted by atomic mass is 10.0. The van der Waals surface area contributed by atoms with Crippen LogP contribution in [0.2, 0.25) is 0 Å². The van der Waals surface area contributed by atoms with Gasteiger partial charge in [-0.25, -0.2) is 9.78 Å². The standard InChI is InChI=1S/C13H14BrNO.C7H15NO2/c1-2-5-12(16)10-8-13(14)15-11-7-4-3-6-9(10)11;1-5-8-6(9)10-7(2,3)4/h3-4,6-8,12,16H,2,5H2,1H3;5H2,1-4H3,(H,8,9).